The van der Waals surface area contributed by atoms with Crippen LogP contribution in [-0.2, 0) is 14.8 Å². The number of aryl methyl sites for hydroxylation is 1. The number of thiazole rings is 1. The Morgan fingerprint density at radius 1 is 1.18 bits per heavy atom. The van der Waals surface area contributed by atoms with Crippen molar-refractivity contribution in [3.05, 3.63) is 53.0 Å². The third kappa shape index (κ3) is 4.31. The predicted molar refractivity (Wildman–Crippen MR) is 102 cm³/mol. The van der Waals surface area contributed by atoms with E-state index in [2.05, 4.69) is 20.0 Å². The molecule has 2 heterocycles. The number of pyridine rings is 1. The van der Waals surface area contributed by atoms with Gasteiger partial charge in [0.05, 0.1) is 17.6 Å². The number of amides is 1. The molecule has 0 radical (unpaired) electrons. The summed E-state index contributed by atoms with van der Waals surface area (Å²) in [6.45, 7) is 2.87. The van der Waals surface area contributed by atoms with Crippen molar-refractivity contribution in [1.82, 2.24) is 9.97 Å². The average molecular weight is 424 g/mol. The fourth-order valence-corrected chi connectivity index (χ4v) is 4.52. The molecule has 0 saturated heterocycles. The second-order valence-corrected chi connectivity index (χ2v) is 8.26. The molecule has 0 aliphatic rings. The summed E-state index contributed by atoms with van der Waals surface area (Å²) in [5.74, 6) is -2.31. The van der Waals surface area contributed by atoms with E-state index >= 15 is 0 Å². The largest absolute Gasteiger partial charge is 0.325 e. The Kier molecular flexibility index (Phi) is 5.38. The maximum atomic E-state index is 13.4. The second-order valence-electron chi connectivity index (χ2n) is 5.80. The zero-order valence-corrected chi connectivity index (χ0v) is 16.3. The minimum Gasteiger partial charge on any atom is -0.325 e. The summed E-state index contributed by atoms with van der Waals surface area (Å²) in [5, 5.41) is 3.87. The first kappa shape index (κ1) is 19.8. The van der Waals surface area contributed by atoms with Gasteiger partial charge in [0.15, 0.2) is 21.8 Å². The number of benzene rings is 1. The van der Waals surface area contributed by atoms with Crippen LogP contribution in [0, 0.1) is 18.6 Å². The van der Waals surface area contributed by atoms with Crippen LogP contribution in [0.2, 0.25) is 0 Å². The van der Waals surface area contributed by atoms with Crippen molar-refractivity contribution in [2.45, 2.75) is 18.9 Å². The molecule has 7 nitrogen and oxygen atoms in total. The van der Waals surface area contributed by atoms with E-state index in [0.29, 0.717) is 22.5 Å². The molecule has 0 aliphatic heterocycles. The number of carbonyl (C=O) groups excluding carboxylic acids is 1. The molecule has 146 valence electrons. The molecule has 11 heteroatoms. The fraction of sp³-hybridized carbons (Fsp3) is 0.118. The van der Waals surface area contributed by atoms with Crippen molar-refractivity contribution in [3.8, 4) is 11.3 Å². The molecule has 3 rings (SSSR count). The standard InChI is InChI=1S/C17H14F2N4O3S2/c1-9-5-12(21-10(2)24)7-20-16(9)28(25,26)23-17-22-15(8-27-17)11-3-4-13(18)14(19)6-11/h3-8H,1-2H3,(H,21,24)(H,22,23). The van der Waals surface area contributed by atoms with Crippen molar-refractivity contribution < 1.29 is 22.0 Å². The van der Waals surface area contributed by atoms with Gasteiger partial charge in [0.25, 0.3) is 10.0 Å². The highest BCUT2D eigenvalue weighted by molar-refractivity contribution is 7.92. The minimum absolute atomic E-state index is 0.0480. The molecule has 0 unspecified atom stereocenters. The topological polar surface area (TPSA) is 101 Å². The number of carbonyl (C=O) groups is 1. The summed E-state index contributed by atoms with van der Waals surface area (Å²) in [6, 6.07) is 4.78. The number of nitrogens with one attached hydrogen (secondary N) is 2. The summed E-state index contributed by atoms with van der Waals surface area (Å²) < 4.78 is 53.9. The maximum absolute atomic E-state index is 13.4. The molecular weight excluding hydrogens is 410 g/mol. The number of halogens is 2. The van der Waals surface area contributed by atoms with Crippen LogP contribution >= 0.6 is 11.3 Å². The fourth-order valence-electron chi connectivity index (χ4n) is 2.39. The van der Waals surface area contributed by atoms with Crippen LogP contribution in [0.4, 0.5) is 19.6 Å². The number of sulfonamides is 1. The van der Waals surface area contributed by atoms with Crippen LogP contribution in [0.5, 0.6) is 0 Å². The Morgan fingerprint density at radius 2 is 1.93 bits per heavy atom. The summed E-state index contributed by atoms with van der Waals surface area (Å²) >= 11 is 0.991. The number of aromatic nitrogens is 2. The van der Waals surface area contributed by atoms with E-state index in [1.807, 2.05) is 0 Å². The van der Waals surface area contributed by atoms with Crippen LogP contribution in [-0.4, -0.2) is 24.3 Å². The predicted octanol–water partition coefficient (Wildman–Crippen LogP) is 3.55. The highest BCUT2D eigenvalue weighted by Crippen LogP contribution is 2.28. The van der Waals surface area contributed by atoms with E-state index in [1.54, 1.807) is 6.92 Å². The van der Waals surface area contributed by atoms with Gasteiger partial charge in [-0.05, 0) is 36.8 Å². The Labute approximate surface area is 163 Å². The van der Waals surface area contributed by atoms with E-state index in [9.17, 15) is 22.0 Å². The molecule has 2 N–H and O–H groups in total. The van der Waals surface area contributed by atoms with Crippen molar-refractivity contribution >= 4 is 38.1 Å². The average Bonchev–Trinajstić information content (AvgIpc) is 3.04. The van der Waals surface area contributed by atoms with Crippen molar-refractivity contribution in [2.24, 2.45) is 0 Å². The lowest BCUT2D eigenvalue weighted by Crippen LogP contribution is -2.16. The highest BCUT2D eigenvalue weighted by Gasteiger charge is 2.21. The van der Waals surface area contributed by atoms with E-state index in [4.69, 9.17) is 0 Å². The Morgan fingerprint density at radius 3 is 2.57 bits per heavy atom. The van der Waals surface area contributed by atoms with Crippen LogP contribution in [0.15, 0.2) is 40.9 Å². The summed E-state index contributed by atoms with van der Waals surface area (Å²) in [4.78, 5) is 19.1. The van der Waals surface area contributed by atoms with Gasteiger partial charge in [-0.1, -0.05) is 0 Å². The van der Waals surface area contributed by atoms with Crippen LogP contribution in [0.25, 0.3) is 11.3 Å². The first-order chi connectivity index (χ1) is 13.2. The number of hydrogen-bond donors (Lipinski definition) is 2. The lowest BCUT2D eigenvalue weighted by Gasteiger charge is -2.09. The number of nitrogens with zero attached hydrogens (tertiary/aromatic N) is 2. The van der Waals surface area contributed by atoms with Gasteiger partial charge in [-0.2, -0.15) is 8.42 Å². The quantitative estimate of drug-likeness (QED) is 0.652. The highest BCUT2D eigenvalue weighted by atomic mass is 32.2. The monoisotopic (exact) mass is 424 g/mol. The normalized spacial score (nSPS) is 11.3. The van der Waals surface area contributed by atoms with E-state index in [-0.39, 0.29) is 16.1 Å². The first-order valence-corrected chi connectivity index (χ1v) is 10.2. The van der Waals surface area contributed by atoms with Gasteiger partial charge in [-0.15, -0.1) is 11.3 Å². The van der Waals surface area contributed by atoms with Gasteiger partial charge in [0.1, 0.15) is 0 Å². The Bertz CT molecular complexity index is 1160. The number of anilines is 2. The first-order valence-electron chi connectivity index (χ1n) is 7.84. The van der Waals surface area contributed by atoms with Crippen molar-refractivity contribution in [3.63, 3.8) is 0 Å². The zero-order valence-electron chi connectivity index (χ0n) is 14.7. The summed E-state index contributed by atoms with van der Waals surface area (Å²) in [7, 11) is -4.03. The van der Waals surface area contributed by atoms with Crippen LogP contribution in [0.1, 0.15) is 12.5 Å². The van der Waals surface area contributed by atoms with Crippen molar-refractivity contribution in [2.75, 3.05) is 10.0 Å². The van der Waals surface area contributed by atoms with Gasteiger partial charge in [-0.25, -0.2) is 18.7 Å². The van der Waals surface area contributed by atoms with Gasteiger partial charge in [-0.3, -0.25) is 9.52 Å². The molecule has 0 atom stereocenters. The Balaban J connectivity index is 1.84. The molecule has 28 heavy (non-hydrogen) atoms. The lowest BCUT2D eigenvalue weighted by atomic mass is 10.2. The van der Waals surface area contributed by atoms with Gasteiger partial charge >= 0.3 is 0 Å². The lowest BCUT2D eigenvalue weighted by molar-refractivity contribution is -0.114. The SMILES string of the molecule is CC(=O)Nc1cnc(S(=O)(=O)Nc2nc(-c3ccc(F)c(F)c3)cs2)c(C)c1. The Hall–Kier alpha value is -2.92. The van der Waals surface area contributed by atoms with Gasteiger partial charge in [0.2, 0.25) is 5.91 Å². The summed E-state index contributed by atoms with van der Waals surface area (Å²) in [5.41, 5.74) is 1.32. The molecular formula is C17H14F2N4O3S2. The zero-order chi connectivity index (χ0) is 20.5. The number of rotatable bonds is 5. The third-order valence-corrected chi connectivity index (χ3v) is 5.83. The molecule has 2 aromatic heterocycles. The molecule has 0 spiro atoms. The molecule has 0 aliphatic carbocycles. The maximum Gasteiger partial charge on any atom is 0.281 e. The smallest absolute Gasteiger partial charge is 0.281 e. The van der Waals surface area contributed by atoms with E-state index in [0.717, 1.165) is 23.5 Å². The van der Waals surface area contributed by atoms with E-state index < -0.39 is 21.7 Å². The molecule has 0 bridgehead atoms. The van der Waals surface area contributed by atoms with Crippen LogP contribution in [0.3, 0.4) is 0 Å². The molecule has 1 amide bonds. The van der Waals surface area contributed by atoms with E-state index in [1.165, 1.54) is 30.6 Å². The molecule has 0 fully saturated rings. The molecule has 1 aromatic carbocycles. The van der Waals surface area contributed by atoms with Gasteiger partial charge in [0, 0.05) is 17.9 Å². The number of hydrogen-bond acceptors (Lipinski definition) is 6. The molecule has 0 saturated carbocycles. The van der Waals surface area contributed by atoms with Crippen molar-refractivity contribution in [1.29, 1.82) is 0 Å². The summed E-state index contributed by atoms with van der Waals surface area (Å²) in [6.07, 6.45) is 1.23. The third-order valence-electron chi connectivity index (χ3n) is 3.55. The van der Waals surface area contributed by atoms with Crippen LogP contribution < -0.4 is 10.0 Å². The molecule has 3 aromatic rings. The minimum atomic E-state index is -4.03. The second kappa shape index (κ2) is 7.60. The van der Waals surface area contributed by atoms with Gasteiger partial charge < -0.3 is 5.32 Å².